The number of carbonyl (C=O) groups is 1. The van der Waals surface area contributed by atoms with Gasteiger partial charge in [0.05, 0.1) is 18.5 Å². The third-order valence-corrected chi connectivity index (χ3v) is 2.72. The molecule has 1 aromatic carbocycles. The van der Waals surface area contributed by atoms with Crippen molar-refractivity contribution in [2.45, 2.75) is 12.5 Å². The maximum atomic E-state index is 11.8. The van der Waals surface area contributed by atoms with E-state index in [1.807, 2.05) is 30.3 Å². The number of nitrogens with zero attached hydrogens (tertiary/aromatic N) is 3. The van der Waals surface area contributed by atoms with Crippen LogP contribution in [0.2, 0.25) is 0 Å². The summed E-state index contributed by atoms with van der Waals surface area (Å²) in [5.74, 6) is -0.457. The van der Waals surface area contributed by atoms with E-state index in [2.05, 4.69) is 15.6 Å². The van der Waals surface area contributed by atoms with Gasteiger partial charge in [0.1, 0.15) is 5.60 Å². The first-order valence-corrected chi connectivity index (χ1v) is 6.11. The highest BCUT2D eigenvalue weighted by atomic mass is 16.3. The summed E-state index contributed by atoms with van der Waals surface area (Å²) in [5.41, 5.74) is -0.422. The molecule has 0 aliphatic rings. The lowest BCUT2D eigenvalue weighted by atomic mass is 10.1. The minimum Gasteiger partial charge on any atom is -0.393 e. The molecule has 1 aromatic heterocycles. The van der Waals surface area contributed by atoms with Crippen molar-refractivity contribution in [2.24, 2.45) is 0 Å². The maximum Gasteiger partial charge on any atom is 0.273 e. The molecule has 1 amide bonds. The molecule has 0 saturated heterocycles. The lowest BCUT2D eigenvalue weighted by Crippen LogP contribution is -2.43. The third-order valence-electron chi connectivity index (χ3n) is 2.72. The Bertz CT molecular complexity index is 580. The second-order valence-electron chi connectivity index (χ2n) is 4.72. The van der Waals surface area contributed by atoms with Gasteiger partial charge in [0.15, 0.2) is 5.69 Å². The van der Waals surface area contributed by atoms with E-state index in [0.717, 1.165) is 5.69 Å². The van der Waals surface area contributed by atoms with E-state index in [1.165, 1.54) is 17.8 Å². The van der Waals surface area contributed by atoms with Gasteiger partial charge in [0, 0.05) is 6.54 Å². The van der Waals surface area contributed by atoms with E-state index in [-0.39, 0.29) is 12.2 Å². The first-order valence-electron chi connectivity index (χ1n) is 6.11. The van der Waals surface area contributed by atoms with Gasteiger partial charge in [-0.2, -0.15) is 0 Å². The minimum atomic E-state index is -1.36. The van der Waals surface area contributed by atoms with Crippen molar-refractivity contribution < 1.29 is 15.0 Å². The zero-order valence-corrected chi connectivity index (χ0v) is 11.0. The summed E-state index contributed by atoms with van der Waals surface area (Å²) in [4.78, 5) is 11.8. The molecule has 1 heterocycles. The topological polar surface area (TPSA) is 100 Å². The summed E-state index contributed by atoms with van der Waals surface area (Å²) >= 11 is 0. The number of aliphatic hydroxyl groups is 2. The molecule has 0 radical (unpaired) electrons. The van der Waals surface area contributed by atoms with Crippen molar-refractivity contribution in [1.29, 1.82) is 0 Å². The number of aliphatic hydroxyl groups excluding tert-OH is 1. The van der Waals surface area contributed by atoms with E-state index < -0.39 is 18.1 Å². The molecule has 0 bridgehead atoms. The van der Waals surface area contributed by atoms with Gasteiger partial charge in [-0.3, -0.25) is 4.79 Å². The fraction of sp³-hybridized carbons (Fsp3) is 0.308. The smallest absolute Gasteiger partial charge is 0.273 e. The standard InChI is InChI=1S/C13H16N4O3/c1-13(20,9-18)8-14-12(19)11-7-17(16-15-11)10-5-3-2-4-6-10/h2-7,18,20H,8-9H2,1H3,(H,14,19). The monoisotopic (exact) mass is 276 g/mol. The normalized spacial score (nSPS) is 13.8. The Morgan fingerprint density at radius 1 is 1.40 bits per heavy atom. The molecule has 3 N–H and O–H groups in total. The van der Waals surface area contributed by atoms with Gasteiger partial charge < -0.3 is 15.5 Å². The Morgan fingerprint density at radius 3 is 2.75 bits per heavy atom. The van der Waals surface area contributed by atoms with E-state index in [1.54, 1.807) is 0 Å². The van der Waals surface area contributed by atoms with Crippen molar-refractivity contribution >= 4 is 5.91 Å². The molecule has 1 unspecified atom stereocenters. The van der Waals surface area contributed by atoms with Crippen LogP contribution in [0.3, 0.4) is 0 Å². The van der Waals surface area contributed by atoms with Gasteiger partial charge in [0.2, 0.25) is 0 Å². The molecule has 2 aromatic rings. The summed E-state index contributed by atoms with van der Waals surface area (Å²) in [6, 6.07) is 9.27. The molecule has 20 heavy (non-hydrogen) atoms. The second-order valence-corrected chi connectivity index (χ2v) is 4.72. The van der Waals surface area contributed by atoms with Crippen molar-refractivity contribution in [3.8, 4) is 5.69 Å². The van der Waals surface area contributed by atoms with Gasteiger partial charge in [-0.15, -0.1) is 5.10 Å². The van der Waals surface area contributed by atoms with Crippen LogP contribution in [0.25, 0.3) is 5.69 Å². The average Bonchev–Trinajstić information content (AvgIpc) is 2.96. The van der Waals surface area contributed by atoms with E-state index in [0.29, 0.717) is 0 Å². The Morgan fingerprint density at radius 2 is 2.10 bits per heavy atom. The fourth-order valence-electron chi connectivity index (χ4n) is 1.49. The summed E-state index contributed by atoms with van der Waals surface area (Å²) in [7, 11) is 0. The first-order chi connectivity index (χ1) is 9.52. The van der Waals surface area contributed by atoms with Crippen LogP contribution in [0.15, 0.2) is 36.5 Å². The number of para-hydroxylation sites is 1. The molecule has 1 atom stereocenters. The van der Waals surface area contributed by atoms with Crippen LogP contribution >= 0.6 is 0 Å². The molecule has 0 saturated carbocycles. The van der Waals surface area contributed by atoms with Crippen molar-refractivity contribution in [2.75, 3.05) is 13.2 Å². The van der Waals surface area contributed by atoms with Crippen molar-refractivity contribution in [1.82, 2.24) is 20.3 Å². The van der Waals surface area contributed by atoms with Crippen LogP contribution in [0, 0.1) is 0 Å². The highest BCUT2D eigenvalue weighted by Gasteiger charge is 2.21. The molecule has 7 heteroatoms. The molecule has 0 aliphatic heterocycles. The Hall–Kier alpha value is -2.25. The van der Waals surface area contributed by atoms with Crippen LogP contribution in [0.1, 0.15) is 17.4 Å². The van der Waals surface area contributed by atoms with Gasteiger partial charge in [0.25, 0.3) is 5.91 Å². The lowest BCUT2D eigenvalue weighted by Gasteiger charge is -2.19. The molecular weight excluding hydrogens is 260 g/mol. The summed E-state index contributed by atoms with van der Waals surface area (Å²) in [6.07, 6.45) is 1.50. The molecule has 0 aliphatic carbocycles. The summed E-state index contributed by atoms with van der Waals surface area (Å²) in [6.45, 7) is 0.915. The third kappa shape index (κ3) is 3.40. The van der Waals surface area contributed by atoms with E-state index >= 15 is 0 Å². The molecular formula is C13H16N4O3. The quantitative estimate of drug-likeness (QED) is 0.698. The predicted octanol–water partition coefficient (Wildman–Crippen LogP) is -0.260. The zero-order chi connectivity index (χ0) is 14.6. The van der Waals surface area contributed by atoms with Gasteiger partial charge in [-0.1, -0.05) is 23.4 Å². The molecule has 2 rings (SSSR count). The highest BCUT2D eigenvalue weighted by molar-refractivity contribution is 5.91. The average molecular weight is 276 g/mol. The Kier molecular flexibility index (Phi) is 4.11. The molecule has 7 nitrogen and oxygen atoms in total. The van der Waals surface area contributed by atoms with Gasteiger partial charge in [-0.25, -0.2) is 4.68 Å². The first kappa shape index (κ1) is 14.2. The number of benzene rings is 1. The number of aromatic nitrogens is 3. The van der Waals surface area contributed by atoms with Crippen LogP contribution in [-0.2, 0) is 0 Å². The minimum absolute atomic E-state index is 0.0689. The lowest BCUT2D eigenvalue weighted by molar-refractivity contribution is 0.00316. The fourth-order valence-corrected chi connectivity index (χ4v) is 1.49. The summed E-state index contributed by atoms with van der Waals surface area (Å²) < 4.78 is 1.49. The van der Waals surface area contributed by atoms with Crippen LogP contribution < -0.4 is 5.32 Å². The maximum absolute atomic E-state index is 11.8. The van der Waals surface area contributed by atoms with Crippen molar-refractivity contribution in [3.05, 3.63) is 42.2 Å². The van der Waals surface area contributed by atoms with Crippen LogP contribution in [0.5, 0.6) is 0 Å². The summed E-state index contributed by atoms with van der Waals surface area (Å²) in [5, 5.41) is 28.6. The number of carbonyl (C=O) groups excluding carboxylic acids is 1. The number of rotatable bonds is 5. The largest absolute Gasteiger partial charge is 0.393 e. The second kappa shape index (κ2) is 5.81. The van der Waals surface area contributed by atoms with Crippen LogP contribution in [0.4, 0.5) is 0 Å². The number of hydrogen-bond acceptors (Lipinski definition) is 5. The number of amides is 1. The molecule has 0 spiro atoms. The van der Waals surface area contributed by atoms with Crippen molar-refractivity contribution in [3.63, 3.8) is 0 Å². The molecule has 106 valence electrons. The number of nitrogens with one attached hydrogen (secondary N) is 1. The predicted molar refractivity (Wildman–Crippen MR) is 71.4 cm³/mol. The Labute approximate surface area is 115 Å². The van der Waals surface area contributed by atoms with E-state index in [9.17, 15) is 9.90 Å². The van der Waals surface area contributed by atoms with Crippen LogP contribution in [-0.4, -0.2) is 49.9 Å². The van der Waals surface area contributed by atoms with Gasteiger partial charge >= 0.3 is 0 Å². The SMILES string of the molecule is CC(O)(CO)CNC(=O)c1cn(-c2ccccc2)nn1. The Balaban J connectivity index is 2.04. The highest BCUT2D eigenvalue weighted by Crippen LogP contribution is 2.06. The van der Waals surface area contributed by atoms with E-state index in [4.69, 9.17) is 5.11 Å². The van der Waals surface area contributed by atoms with Gasteiger partial charge in [-0.05, 0) is 19.1 Å². The number of hydrogen-bond donors (Lipinski definition) is 3. The zero-order valence-electron chi connectivity index (χ0n) is 11.0. The molecule has 0 fully saturated rings.